The van der Waals surface area contributed by atoms with Gasteiger partial charge >= 0.3 is 0 Å². The van der Waals surface area contributed by atoms with E-state index in [4.69, 9.17) is 14.5 Å². The van der Waals surface area contributed by atoms with Crippen LogP contribution in [-0.4, -0.2) is 57.1 Å². The fraction of sp³-hybridized carbons (Fsp3) is 0.682. The Morgan fingerprint density at radius 1 is 1.21 bits per heavy atom. The Balaban J connectivity index is 2.06. The number of guanidine groups is 1. The van der Waals surface area contributed by atoms with Gasteiger partial charge in [0.15, 0.2) is 5.96 Å². The van der Waals surface area contributed by atoms with Gasteiger partial charge in [0.05, 0.1) is 12.1 Å². The molecular weight excluding hydrogens is 352 g/mol. The third-order valence-corrected chi connectivity index (χ3v) is 5.38. The predicted molar refractivity (Wildman–Crippen MR) is 116 cm³/mol. The van der Waals surface area contributed by atoms with E-state index in [-0.39, 0.29) is 17.2 Å². The van der Waals surface area contributed by atoms with Gasteiger partial charge in [-0.05, 0) is 46.1 Å². The summed E-state index contributed by atoms with van der Waals surface area (Å²) in [4.78, 5) is 4.72. The molecule has 1 aromatic carbocycles. The van der Waals surface area contributed by atoms with Crippen LogP contribution in [0.3, 0.4) is 0 Å². The molecule has 6 nitrogen and oxygen atoms in total. The lowest BCUT2D eigenvalue weighted by molar-refractivity contribution is 0.0308. The highest BCUT2D eigenvalue weighted by Crippen LogP contribution is 2.25. The van der Waals surface area contributed by atoms with E-state index in [2.05, 4.69) is 60.1 Å². The van der Waals surface area contributed by atoms with Gasteiger partial charge in [-0.2, -0.15) is 0 Å². The fourth-order valence-electron chi connectivity index (χ4n) is 3.35. The van der Waals surface area contributed by atoms with Gasteiger partial charge in [0.1, 0.15) is 0 Å². The van der Waals surface area contributed by atoms with Crippen LogP contribution in [-0.2, 0) is 9.47 Å². The Morgan fingerprint density at radius 2 is 1.89 bits per heavy atom. The second-order valence-electron chi connectivity index (χ2n) is 8.18. The molecular formula is C22H38N4O2. The SMILES string of the molecule is CCNC(=NCC(C)(C)OC)NCC1(NC(C)c2ccccc2)CCOCC1. The summed E-state index contributed by atoms with van der Waals surface area (Å²) in [6, 6.07) is 10.9. The molecule has 0 aliphatic carbocycles. The highest BCUT2D eigenvalue weighted by molar-refractivity contribution is 5.79. The van der Waals surface area contributed by atoms with E-state index in [0.717, 1.165) is 45.1 Å². The summed E-state index contributed by atoms with van der Waals surface area (Å²) in [5.41, 5.74) is 0.995. The van der Waals surface area contributed by atoms with Crippen LogP contribution in [0.15, 0.2) is 35.3 Å². The van der Waals surface area contributed by atoms with Gasteiger partial charge < -0.3 is 25.4 Å². The second-order valence-corrected chi connectivity index (χ2v) is 8.18. The molecule has 1 aliphatic heterocycles. The first kappa shape index (κ1) is 22.7. The number of aliphatic imine (C=N–C) groups is 1. The lowest BCUT2D eigenvalue weighted by atomic mass is 9.88. The first-order chi connectivity index (χ1) is 13.4. The summed E-state index contributed by atoms with van der Waals surface area (Å²) in [6.45, 7) is 12.2. The number of nitrogens with zero attached hydrogens (tertiary/aromatic N) is 1. The summed E-state index contributed by atoms with van der Waals surface area (Å²) in [6.07, 6.45) is 1.94. The van der Waals surface area contributed by atoms with Crippen LogP contribution in [0.25, 0.3) is 0 Å². The maximum Gasteiger partial charge on any atom is 0.191 e. The van der Waals surface area contributed by atoms with E-state index in [0.29, 0.717) is 6.54 Å². The maximum atomic E-state index is 5.64. The molecule has 0 aromatic heterocycles. The summed E-state index contributed by atoms with van der Waals surface area (Å²) < 4.78 is 11.1. The number of hydrogen-bond acceptors (Lipinski definition) is 4. The lowest BCUT2D eigenvalue weighted by Gasteiger charge is -2.41. The molecule has 2 rings (SSSR count). The highest BCUT2D eigenvalue weighted by atomic mass is 16.5. The minimum atomic E-state index is -0.279. The predicted octanol–water partition coefficient (Wildman–Crippen LogP) is 2.87. The fourth-order valence-corrected chi connectivity index (χ4v) is 3.35. The molecule has 1 atom stereocenters. The molecule has 1 heterocycles. The zero-order valence-corrected chi connectivity index (χ0v) is 18.2. The molecule has 0 spiro atoms. The van der Waals surface area contributed by atoms with Crippen LogP contribution >= 0.6 is 0 Å². The number of rotatable bonds is 9. The second kappa shape index (κ2) is 10.8. The van der Waals surface area contributed by atoms with Gasteiger partial charge in [0, 0.05) is 45.0 Å². The lowest BCUT2D eigenvalue weighted by Crippen LogP contribution is -2.58. The van der Waals surface area contributed by atoms with Crippen molar-refractivity contribution in [2.75, 3.05) is 40.0 Å². The van der Waals surface area contributed by atoms with Crippen molar-refractivity contribution in [3.8, 4) is 0 Å². The molecule has 1 aliphatic rings. The van der Waals surface area contributed by atoms with E-state index in [1.807, 2.05) is 13.8 Å². The molecule has 0 radical (unpaired) electrons. The van der Waals surface area contributed by atoms with Crippen molar-refractivity contribution in [1.29, 1.82) is 0 Å². The summed E-state index contributed by atoms with van der Waals surface area (Å²) in [7, 11) is 1.72. The molecule has 1 saturated heterocycles. The average Bonchev–Trinajstić information content (AvgIpc) is 2.71. The van der Waals surface area contributed by atoms with Crippen molar-refractivity contribution in [3.63, 3.8) is 0 Å². The van der Waals surface area contributed by atoms with E-state index in [1.165, 1.54) is 5.56 Å². The minimum absolute atomic E-state index is 0.0273. The molecule has 28 heavy (non-hydrogen) atoms. The van der Waals surface area contributed by atoms with Gasteiger partial charge in [-0.1, -0.05) is 30.3 Å². The first-order valence-electron chi connectivity index (χ1n) is 10.4. The van der Waals surface area contributed by atoms with E-state index >= 15 is 0 Å². The Labute approximate surface area is 170 Å². The third kappa shape index (κ3) is 7.08. The smallest absolute Gasteiger partial charge is 0.191 e. The molecule has 0 amide bonds. The molecule has 158 valence electrons. The van der Waals surface area contributed by atoms with Crippen molar-refractivity contribution in [2.24, 2.45) is 4.99 Å². The number of hydrogen-bond donors (Lipinski definition) is 3. The van der Waals surface area contributed by atoms with Crippen LogP contribution in [0, 0.1) is 0 Å². The number of ether oxygens (including phenoxy) is 2. The summed E-state index contributed by atoms with van der Waals surface area (Å²) >= 11 is 0. The third-order valence-electron chi connectivity index (χ3n) is 5.38. The zero-order chi connectivity index (χ0) is 20.5. The van der Waals surface area contributed by atoms with Crippen molar-refractivity contribution in [3.05, 3.63) is 35.9 Å². The average molecular weight is 391 g/mol. The van der Waals surface area contributed by atoms with E-state index in [1.54, 1.807) is 7.11 Å². The van der Waals surface area contributed by atoms with Crippen molar-refractivity contribution in [1.82, 2.24) is 16.0 Å². The van der Waals surface area contributed by atoms with Gasteiger partial charge in [-0.15, -0.1) is 0 Å². The maximum absolute atomic E-state index is 5.64. The van der Waals surface area contributed by atoms with Crippen LogP contribution in [0.2, 0.25) is 0 Å². The molecule has 0 saturated carbocycles. The minimum Gasteiger partial charge on any atom is -0.381 e. The number of benzene rings is 1. The standard InChI is InChI=1S/C22H38N4O2/c1-6-23-20(24-16-21(3,4)27-5)25-17-22(12-14-28-15-13-22)26-18(2)19-10-8-7-9-11-19/h7-11,18,26H,6,12-17H2,1-5H3,(H2,23,24,25). The van der Waals surface area contributed by atoms with Gasteiger partial charge in [0.2, 0.25) is 0 Å². The molecule has 0 bridgehead atoms. The number of nitrogens with one attached hydrogen (secondary N) is 3. The largest absolute Gasteiger partial charge is 0.381 e. The van der Waals surface area contributed by atoms with Crippen molar-refractivity contribution < 1.29 is 9.47 Å². The first-order valence-corrected chi connectivity index (χ1v) is 10.4. The van der Waals surface area contributed by atoms with Crippen molar-refractivity contribution >= 4 is 5.96 Å². The number of methoxy groups -OCH3 is 1. The summed E-state index contributed by atoms with van der Waals surface area (Å²) in [5.74, 6) is 0.827. The topological polar surface area (TPSA) is 66.9 Å². The van der Waals surface area contributed by atoms with Crippen LogP contribution < -0.4 is 16.0 Å². The molecule has 1 fully saturated rings. The zero-order valence-electron chi connectivity index (χ0n) is 18.2. The van der Waals surface area contributed by atoms with Gasteiger partial charge in [-0.25, -0.2) is 0 Å². The monoisotopic (exact) mass is 390 g/mol. The van der Waals surface area contributed by atoms with Gasteiger partial charge in [0.25, 0.3) is 0 Å². The van der Waals surface area contributed by atoms with E-state index < -0.39 is 0 Å². The van der Waals surface area contributed by atoms with E-state index in [9.17, 15) is 0 Å². The van der Waals surface area contributed by atoms with Crippen molar-refractivity contribution in [2.45, 2.75) is 57.7 Å². The molecule has 1 unspecified atom stereocenters. The Hall–Kier alpha value is -1.63. The van der Waals surface area contributed by atoms with Crippen LogP contribution in [0.5, 0.6) is 0 Å². The molecule has 6 heteroatoms. The highest BCUT2D eigenvalue weighted by Gasteiger charge is 2.34. The Morgan fingerprint density at radius 3 is 2.50 bits per heavy atom. The summed E-state index contributed by atoms with van der Waals surface area (Å²) in [5, 5.41) is 10.8. The van der Waals surface area contributed by atoms with Gasteiger partial charge in [-0.3, -0.25) is 4.99 Å². The van der Waals surface area contributed by atoms with Crippen LogP contribution in [0.4, 0.5) is 0 Å². The van der Waals surface area contributed by atoms with Crippen LogP contribution in [0.1, 0.15) is 52.1 Å². The normalized spacial score (nSPS) is 18.5. The quantitative estimate of drug-likeness (QED) is 0.447. The Bertz CT molecular complexity index is 598. The Kier molecular flexibility index (Phi) is 8.73. The molecule has 1 aromatic rings. The molecule has 3 N–H and O–H groups in total.